The number of carboxylic acid groups (broad SMARTS) is 1. The maximum atomic E-state index is 11.6. The van der Waals surface area contributed by atoms with Crippen LogP contribution in [0.5, 0.6) is 0 Å². The highest BCUT2D eigenvalue weighted by atomic mass is 16.5. The van der Waals surface area contributed by atoms with Crippen molar-refractivity contribution in [3.05, 3.63) is 35.9 Å². The summed E-state index contributed by atoms with van der Waals surface area (Å²) in [6.07, 6.45) is -0.188. The first kappa shape index (κ1) is 14.7. The first-order valence-electron chi connectivity index (χ1n) is 5.68. The molecule has 0 aromatic heterocycles. The lowest BCUT2D eigenvalue weighted by molar-refractivity contribution is -0.143. The zero-order valence-corrected chi connectivity index (χ0v) is 10.5. The number of carbonyl (C=O) groups is 3. The lowest BCUT2D eigenvalue weighted by atomic mass is 10.1. The van der Waals surface area contributed by atoms with Crippen molar-refractivity contribution in [1.29, 1.82) is 0 Å². The minimum atomic E-state index is -1.15. The fraction of sp³-hybridized carbons (Fsp3) is 0.308. The van der Waals surface area contributed by atoms with Gasteiger partial charge in [-0.3, -0.25) is 9.59 Å². The van der Waals surface area contributed by atoms with E-state index in [1.807, 2.05) is 0 Å². The van der Waals surface area contributed by atoms with Crippen molar-refractivity contribution in [2.75, 3.05) is 7.11 Å². The zero-order valence-electron chi connectivity index (χ0n) is 10.5. The molecule has 6 heteroatoms. The molecule has 1 aromatic carbocycles. The largest absolute Gasteiger partial charge is 0.479 e. The second-order valence-electron chi connectivity index (χ2n) is 3.83. The summed E-state index contributed by atoms with van der Waals surface area (Å²) < 4.78 is 4.40. The molecule has 0 aliphatic rings. The monoisotopic (exact) mass is 265 g/mol. The summed E-state index contributed by atoms with van der Waals surface area (Å²) >= 11 is 0. The highest BCUT2D eigenvalue weighted by Gasteiger charge is 2.21. The van der Waals surface area contributed by atoms with Gasteiger partial charge in [-0.15, -0.1) is 0 Å². The van der Waals surface area contributed by atoms with Crippen LogP contribution in [0.25, 0.3) is 0 Å². The van der Waals surface area contributed by atoms with Gasteiger partial charge in [-0.25, -0.2) is 4.79 Å². The molecule has 1 atom stereocenters. The smallest absolute Gasteiger partial charge is 0.330 e. The number of carbonyl (C=O) groups excluding carboxylic acids is 2. The van der Waals surface area contributed by atoms with E-state index in [-0.39, 0.29) is 12.8 Å². The molecule has 0 aliphatic carbocycles. The van der Waals surface area contributed by atoms with E-state index >= 15 is 0 Å². The molecule has 6 nitrogen and oxygen atoms in total. The van der Waals surface area contributed by atoms with Gasteiger partial charge in [0, 0.05) is 6.42 Å². The Balaban J connectivity index is 2.62. The summed E-state index contributed by atoms with van der Waals surface area (Å²) in [4.78, 5) is 33.6. The standard InChI is InChI=1S/C13H15NO5/c1-19-11(16)8-7-10(15)14-12(13(17)18)9-5-3-2-4-6-9/h2-6,12H,7-8H2,1H3,(H,14,15)(H,17,18). The van der Waals surface area contributed by atoms with E-state index in [2.05, 4.69) is 10.1 Å². The van der Waals surface area contributed by atoms with Gasteiger partial charge >= 0.3 is 11.9 Å². The molecule has 0 bridgehead atoms. The van der Waals surface area contributed by atoms with Gasteiger partial charge in [0.25, 0.3) is 0 Å². The highest BCUT2D eigenvalue weighted by molar-refractivity contribution is 5.86. The van der Waals surface area contributed by atoms with Crippen molar-refractivity contribution >= 4 is 17.8 Å². The molecule has 0 heterocycles. The molecule has 1 rings (SSSR count). The van der Waals surface area contributed by atoms with Crippen molar-refractivity contribution in [3.8, 4) is 0 Å². The minimum absolute atomic E-state index is 0.0799. The number of rotatable bonds is 6. The van der Waals surface area contributed by atoms with E-state index in [4.69, 9.17) is 5.11 Å². The summed E-state index contributed by atoms with van der Waals surface area (Å²) in [6, 6.07) is 7.23. The molecule has 0 saturated heterocycles. The lowest BCUT2D eigenvalue weighted by Crippen LogP contribution is -2.33. The molecule has 1 unspecified atom stereocenters. The number of hydrogen-bond acceptors (Lipinski definition) is 4. The van der Waals surface area contributed by atoms with E-state index in [1.165, 1.54) is 7.11 Å². The van der Waals surface area contributed by atoms with Crippen LogP contribution in [0, 0.1) is 0 Å². The van der Waals surface area contributed by atoms with Gasteiger partial charge in [0.2, 0.25) is 5.91 Å². The van der Waals surface area contributed by atoms with E-state index in [1.54, 1.807) is 30.3 Å². The molecule has 1 amide bonds. The van der Waals surface area contributed by atoms with Crippen LogP contribution in [0.4, 0.5) is 0 Å². The minimum Gasteiger partial charge on any atom is -0.479 e. The number of amides is 1. The molecule has 0 aliphatic heterocycles. The molecule has 0 radical (unpaired) electrons. The van der Waals surface area contributed by atoms with Gasteiger partial charge in [-0.05, 0) is 5.56 Å². The normalized spacial score (nSPS) is 11.4. The Morgan fingerprint density at radius 3 is 2.37 bits per heavy atom. The average Bonchev–Trinajstić information content (AvgIpc) is 2.42. The maximum Gasteiger partial charge on any atom is 0.330 e. The molecule has 1 aromatic rings. The maximum absolute atomic E-state index is 11.6. The topological polar surface area (TPSA) is 92.7 Å². The first-order chi connectivity index (χ1) is 9.04. The van der Waals surface area contributed by atoms with Crippen LogP contribution in [0.1, 0.15) is 24.4 Å². The number of esters is 1. The van der Waals surface area contributed by atoms with Crippen LogP contribution in [-0.2, 0) is 19.1 Å². The fourth-order valence-electron chi connectivity index (χ4n) is 1.48. The molecular formula is C13H15NO5. The Morgan fingerprint density at radius 1 is 1.21 bits per heavy atom. The number of methoxy groups -OCH3 is 1. The lowest BCUT2D eigenvalue weighted by Gasteiger charge is -2.14. The van der Waals surface area contributed by atoms with Gasteiger partial charge in [-0.1, -0.05) is 30.3 Å². The van der Waals surface area contributed by atoms with Crippen LogP contribution in [0.3, 0.4) is 0 Å². The Kier molecular flexibility index (Phi) is 5.53. The van der Waals surface area contributed by atoms with Gasteiger partial charge in [0.05, 0.1) is 13.5 Å². The molecule has 0 spiro atoms. The summed E-state index contributed by atoms with van der Waals surface area (Å²) in [5, 5.41) is 11.5. The van der Waals surface area contributed by atoms with Crippen LogP contribution in [0.15, 0.2) is 30.3 Å². The average molecular weight is 265 g/mol. The van der Waals surface area contributed by atoms with Crippen molar-refractivity contribution < 1.29 is 24.2 Å². The van der Waals surface area contributed by atoms with Crippen LogP contribution < -0.4 is 5.32 Å². The van der Waals surface area contributed by atoms with Gasteiger partial charge < -0.3 is 15.2 Å². The molecule has 19 heavy (non-hydrogen) atoms. The number of benzene rings is 1. The fourth-order valence-corrected chi connectivity index (χ4v) is 1.48. The van der Waals surface area contributed by atoms with Crippen LogP contribution >= 0.6 is 0 Å². The Labute approximate surface area is 110 Å². The number of nitrogens with one attached hydrogen (secondary N) is 1. The summed E-state index contributed by atoms with van der Waals surface area (Å²) in [6.45, 7) is 0. The van der Waals surface area contributed by atoms with E-state index in [0.717, 1.165) is 0 Å². The molecule has 0 saturated carbocycles. The number of carboxylic acids is 1. The first-order valence-corrected chi connectivity index (χ1v) is 5.68. The number of ether oxygens (including phenoxy) is 1. The summed E-state index contributed by atoms with van der Waals surface area (Å²) in [7, 11) is 1.23. The summed E-state index contributed by atoms with van der Waals surface area (Å²) in [5.41, 5.74) is 0.474. The summed E-state index contributed by atoms with van der Waals surface area (Å²) in [5.74, 6) is -2.18. The predicted molar refractivity (Wildman–Crippen MR) is 66.2 cm³/mol. The third-order valence-electron chi connectivity index (χ3n) is 2.47. The van der Waals surface area contributed by atoms with E-state index in [9.17, 15) is 14.4 Å². The Hall–Kier alpha value is -2.37. The van der Waals surface area contributed by atoms with E-state index < -0.39 is 23.9 Å². The zero-order chi connectivity index (χ0) is 14.3. The van der Waals surface area contributed by atoms with E-state index in [0.29, 0.717) is 5.56 Å². The quantitative estimate of drug-likeness (QED) is 0.745. The third kappa shape index (κ3) is 4.79. The highest BCUT2D eigenvalue weighted by Crippen LogP contribution is 2.13. The van der Waals surface area contributed by atoms with Gasteiger partial charge in [-0.2, -0.15) is 0 Å². The molecule has 102 valence electrons. The van der Waals surface area contributed by atoms with Crippen molar-refractivity contribution in [2.24, 2.45) is 0 Å². The van der Waals surface area contributed by atoms with Crippen molar-refractivity contribution in [2.45, 2.75) is 18.9 Å². The number of hydrogen-bond donors (Lipinski definition) is 2. The van der Waals surface area contributed by atoms with Gasteiger partial charge in [0.1, 0.15) is 0 Å². The van der Waals surface area contributed by atoms with Crippen molar-refractivity contribution in [3.63, 3.8) is 0 Å². The van der Waals surface area contributed by atoms with Crippen LogP contribution in [-0.4, -0.2) is 30.1 Å². The SMILES string of the molecule is COC(=O)CCC(=O)NC(C(=O)O)c1ccccc1. The molecule has 0 fully saturated rings. The van der Waals surface area contributed by atoms with Crippen LogP contribution in [0.2, 0.25) is 0 Å². The van der Waals surface area contributed by atoms with Crippen molar-refractivity contribution in [1.82, 2.24) is 5.32 Å². The third-order valence-corrected chi connectivity index (χ3v) is 2.47. The Bertz CT molecular complexity index is 457. The Morgan fingerprint density at radius 2 is 1.84 bits per heavy atom. The molecule has 2 N–H and O–H groups in total. The second kappa shape index (κ2) is 7.15. The molecular weight excluding hydrogens is 250 g/mol. The predicted octanol–water partition coefficient (Wildman–Crippen LogP) is 0.882. The van der Waals surface area contributed by atoms with Gasteiger partial charge in [0.15, 0.2) is 6.04 Å². The number of aliphatic carboxylic acids is 1. The second-order valence-corrected chi connectivity index (χ2v) is 3.83.